The van der Waals surface area contributed by atoms with Crippen molar-refractivity contribution < 1.29 is 0 Å². The van der Waals surface area contributed by atoms with Crippen LogP contribution in [0.1, 0.15) is 53.4 Å². The zero-order valence-corrected chi connectivity index (χ0v) is 14.8. The van der Waals surface area contributed by atoms with Gasteiger partial charge in [-0.25, -0.2) is 0 Å². The van der Waals surface area contributed by atoms with Crippen LogP contribution in [0.5, 0.6) is 0 Å². The Labute approximate surface area is 132 Å². The van der Waals surface area contributed by atoms with E-state index in [9.17, 15) is 0 Å². The highest BCUT2D eigenvalue weighted by Gasteiger charge is 2.25. The molecule has 0 aliphatic carbocycles. The van der Waals surface area contributed by atoms with Crippen molar-refractivity contribution in [3.8, 4) is 0 Å². The Kier molecular flexibility index (Phi) is 6.97. The monoisotopic (exact) mass is 295 g/mol. The van der Waals surface area contributed by atoms with Gasteiger partial charge in [0.15, 0.2) is 0 Å². The van der Waals surface area contributed by atoms with Gasteiger partial charge in [0.2, 0.25) is 0 Å². The molecule has 124 valence electrons. The molecule has 0 aromatic carbocycles. The van der Waals surface area contributed by atoms with E-state index in [0.717, 1.165) is 17.9 Å². The molecule has 0 radical (unpaired) electrons. The lowest BCUT2D eigenvalue weighted by Crippen LogP contribution is -2.44. The van der Waals surface area contributed by atoms with Crippen LogP contribution in [0.25, 0.3) is 0 Å². The van der Waals surface area contributed by atoms with Crippen LogP contribution in [-0.2, 0) is 0 Å². The fourth-order valence-electron chi connectivity index (χ4n) is 3.79. The van der Waals surface area contributed by atoms with E-state index in [1.165, 1.54) is 65.0 Å². The third kappa shape index (κ3) is 5.88. The molecule has 3 heteroatoms. The minimum Gasteiger partial charge on any atom is -0.314 e. The second-order valence-electron chi connectivity index (χ2n) is 7.88. The van der Waals surface area contributed by atoms with Crippen LogP contribution in [0.4, 0.5) is 0 Å². The molecule has 2 rings (SSSR count). The van der Waals surface area contributed by atoms with Crippen LogP contribution in [0.3, 0.4) is 0 Å². The highest BCUT2D eigenvalue weighted by Crippen LogP contribution is 2.23. The Morgan fingerprint density at radius 2 is 1.43 bits per heavy atom. The summed E-state index contributed by atoms with van der Waals surface area (Å²) < 4.78 is 0. The lowest BCUT2D eigenvalue weighted by atomic mass is 9.92. The molecule has 0 amide bonds. The van der Waals surface area contributed by atoms with Crippen molar-refractivity contribution in [2.45, 2.75) is 65.5 Å². The van der Waals surface area contributed by atoms with Gasteiger partial charge in [-0.2, -0.15) is 0 Å². The largest absolute Gasteiger partial charge is 0.314 e. The van der Waals surface area contributed by atoms with Gasteiger partial charge in [-0.15, -0.1) is 0 Å². The number of hydrogen-bond donors (Lipinski definition) is 1. The van der Waals surface area contributed by atoms with Crippen LogP contribution in [0.15, 0.2) is 0 Å². The third-order valence-corrected chi connectivity index (χ3v) is 5.42. The SMILES string of the molecule is CC(C)NCC1CCN(CC2CCN(C(C)C)CC2)CC1. The molecule has 1 N–H and O–H groups in total. The lowest BCUT2D eigenvalue weighted by Gasteiger charge is -2.39. The number of nitrogens with one attached hydrogen (secondary N) is 1. The summed E-state index contributed by atoms with van der Waals surface area (Å²) >= 11 is 0. The Morgan fingerprint density at radius 1 is 0.857 bits per heavy atom. The smallest absolute Gasteiger partial charge is 0.00385 e. The van der Waals surface area contributed by atoms with E-state index in [2.05, 4.69) is 42.8 Å². The summed E-state index contributed by atoms with van der Waals surface area (Å²) in [6.45, 7) is 17.0. The van der Waals surface area contributed by atoms with Gasteiger partial charge in [0.25, 0.3) is 0 Å². The molecule has 21 heavy (non-hydrogen) atoms. The first-order chi connectivity index (χ1) is 10.0. The average molecular weight is 296 g/mol. The van der Waals surface area contributed by atoms with Crippen molar-refractivity contribution in [1.29, 1.82) is 0 Å². The molecule has 0 aromatic rings. The highest BCUT2D eigenvalue weighted by molar-refractivity contribution is 4.80. The molecular weight excluding hydrogens is 258 g/mol. The molecule has 2 aliphatic heterocycles. The Hall–Kier alpha value is -0.120. The van der Waals surface area contributed by atoms with Crippen LogP contribution < -0.4 is 5.32 Å². The molecule has 2 aliphatic rings. The minimum absolute atomic E-state index is 0.633. The number of piperidine rings is 2. The molecule has 0 atom stereocenters. The maximum Gasteiger partial charge on any atom is 0.00385 e. The second kappa shape index (κ2) is 8.50. The number of likely N-dealkylation sites (tertiary alicyclic amines) is 2. The van der Waals surface area contributed by atoms with E-state index in [1.807, 2.05) is 0 Å². The second-order valence-corrected chi connectivity index (χ2v) is 7.88. The summed E-state index contributed by atoms with van der Waals surface area (Å²) in [7, 11) is 0. The standard InChI is InChI=1S/C18H37N3/c1-15(2)19-13-17-5-9-20(10-6-17)14-18-7-11-21(12-8-18)16(3)4/h15-19H,5-14H2,1-4H3. The molecule has 2 fully saturated rings. The quantitative estimate of drug-likeness (QED) is 0.813. The Bertz CT molecular complexity index is 274. The third-order valence-electron chi connectivity index (χ3n) is 5.42. The maximum absolute atomic E-state index is 3.60. The highest BCUT2D eigenvalue weighted by atomic mass is 15.2. The summed E-state index contributed by atoms with van der Waals surface area (Å²) in [5.41, 5.74) is 0. The van der Waals surface area contributed by atoms with Crippen molar-refractivity contribution in [2.24, 2.45) is 11.8 Å². The predicted octanol–water partition coefficient (Wildman–Crippen LogP) is 2.82. The number of rotatable bonds is 6. The van der Waals surface area contributed by atoms with Gasteiger partial charge in [0.05, 0.1) is 0 Å². The van der Waals surface area contributed by atoms with E-state index in [-0.39, 0.29) is 0 Å². The van der Waals surface area contributed by atoms with E-state index in [1.54, 1.807) is 0 Å². The molecular formula is C18H37N3. The van der Waals surface area contributed by atoms with Gasteiger partial charge < -0.3 is 15.1 Å². The zero-order valence-electron chi connectivity index (χ0n) is 14.8. The van der Waals surface area contributed by atoms with Crippen LogP contribution in [-0.4, -0.2) is 61.2 Å². The first-order valence-electron chi connectivity index (χ1n) is 9.24. The topological polar surface area (TPSA) is 18.5 Å². The molecule has 0 saturated carbocycles. The molecule has 2 saturated heterocycles. The van der Waals surface area contributed by atoms with Crippen molar-refractivity contribution in [3.63, 3.8) is 0 Å². The minimum atomic E-state index is 0.633. The van der Waals surface area contributed by atoms with Gasteiger partial charge >= 0.3 is 0 Å². The van der Waals surface area contributed by atoms with Crippen molar-refractivity contribution >= 4 is 0 Å². The van der Waals surface area contributed by atoms with E-state index in [0.29, 0.717) is 6.04 Å². The van der Waals surface area contributed by atoms with Gasteiger partial charge in [0, 0.05) is 18.6 Å². The molecule has 0 spiro atoms. The molecule has 0 unspecified atom stereocenters. The fourth-order valence-corrected chi connectivity index (χ4v) is 3.79. The van der Waals surface area contributed by atoms with Gasteiger partial charge in [-0.05, 0) is 84.1 Å². The molecule has 3 nitrogen and oxygen atoms in total. The summed E-state index contributed by atoms with van der Waals surface area (Å²) in [5.74, 6) is 1.86. The predicted molar refractivity (Wildman–Crippen MR) is 91.7 cm³/mol. The van der Waals surface area contributed by atoms with Crippen molar-refractivity contribution in [1.82, 2.24) is 15.1 Å². The lowest BCUT2D eigenvalue weighted by molar-refractivity contribution is 0.104. The number of hydrogen-bond acceptors (Lipinski definition) is 3. The molecule has 2 heterocycles. The molecule has 0 bridgehead atoms. The first kappa shape index (κ1) is 17.2. The number of nitrogens with zero attached hydrogens (tertiary/aromatic N) is 2. The summed E-state index contributed by atoms with van der Waals surface area (Å²) in [6.07, 6.45) is 5.61. The summed E-state index contributed by atoms with van der Waals surface area (Å²) in [5, 5.41) is 3.60. The Morgan fingerprint density at radius 3 is 1.95 bits per heavy atom. The maximum atomic E-state index is 3.60. The van der Waals surface area contributed by atoms with Crippen molar-refractivity contribution in [2.75, 3.05) is 39.3 Å². The first-order valence-corrected chi connectivity index (χ1v) is 9.24. The van der Waals surface area contributed by atoms with Crippen LogP contribution in [0.2, 0.25) is 0 Å². The van der Waals surface area contributed by atoms with Crippen molar-refractivity contribution in [3.05, 3.63) is 0 Å². The Balaban J connectivity index is 1.61. The molecule has 0 aromatic heterocycles. The van der Waals surface area contributed by atoms with Crippen LogP contribution in [0, 0.1) is 11.8 Å². The fraction of sp³-hybridized carbons (Fsp3) is 1.00. The van der Waals surface area contributed by atoms with Crippen LogP contribution >= 0.6 is 0 Å². The van der Waals surface area contributed by atoms with E-state index in [4.69, 9.17) is 0 Å². The average Bonchev–Trinajstić information content (AvgIpc) is 2.47. The zero-order chi connectivity index (χ0) is 15.2. The summed E-state index contributed by atoms with van der Waals surface area (Å²) in [4.78, 5) is 5.38. The van der Waals surface area contributed by atoms with Gasteiger partial charge in [-0.1, -0.05) is 13.8 Å². The summed E-state index contributed by atoms with van der Waals surface area (Å²) in [6, 6.07) is 1.37. The normalized spacial score (nSPS) is 24.3. The van der Waals surface area contributed by atoms with E-state index >= 15 is 0 Å². The van der Waals surface area contributed by atoms with Gasteiger partial charge in [-0.3, -0.25) is 0 Å². The van der Waals surface area contributed by atoms with Gasteiger partial charge in [0.1, 0.15) is 0 Å². The van der Waals surface area contributed by atoms with E-state index < -0.39 is 0 Å².